The average molecular weight is 395 g/mol. The van der Waals surface area contributed by atoms with E-state index in [4.69, 9.17) is 9.97 Å². The molecule has 1 aliphatic rings. The number of hydrogen-bond acceptors (Lipinski definition) is 6. The molecule has 1 saturated heterocycles. The lowest BCUT2D eigenvalue weighted by molar-refractivity contribution is 0.651. The number of hydrogen-bond donors (Lipinski definition) is 0. The maximum Gasteiger partial charge on any atom is 0.186 e. The number of thiazole rings is 2. The molecular weight excluding hydrogens is 372 g/mol. The highest BCUT2D eigenvalue weighted by atomic mass is 32.1. The molecule has 0 bridgehead atoms. The normalized spacial score (nSPS) is 15.2. The van der Waals surface area contributed by atoms with Gasteiger partial charge in [0.2, 0.25) is 0 Å². The molecule has 5 rings (SSSR count). The predicted octanol–water partition coefficient (Wildman–Crippen LogP) is 5.16. The molecular formula is C21H22N4S2. The molecule has 0 unspecified atom stereocenters. The standard InChI is InChI=1S/C21H22N4S2/c1-13-11-15(3)19-16(12-13)22-20(27-19)24-7-9-25(10-8-24)21-23-18-14(2)5-4-6-17(18)26-21/h4-6,11-12H,7-10H2,1-3H3. The zero-order valence-electron chi connectivity index (χ0n) is 15.8. The van der Waals surface area contributed by atoms with Gasteiger partial charge in [0, 0.05) is 26.2 Å². The van der Waals surface area contributed by atoms with E-state index in [2.05, 4.69) is 60.9 Å². The summed E-state index contributed by atoms with van der Waals surface area (Å²) in [5.74, 6) is 0. The van der Waals surface area contributed by atoms with Crippen LogP contribution in [0.4, 0.5) is 10.3 Å². The molecule has 0 amide bonds. The van der Waals surface area contributed by atoms with Crippen molar-refractivity contribution in [2.24, 2.45) is 0 Å². The van der Waals surface area contributed by atoms with Gasteiger partial charge in [-0.15, -0.1) is 0 Å². The smallest absolute Gasteiger partial charge is 0.186 e. The zero-order valence-corrected chi connectivity index (χ0v) is 17.5. The van der Waals surface area contributed by atoms with Crippen LogP contribution in [0.2, 0.25) is 0 Å². The Morgan fingerprint density at radius 3 is 2.22 bits per heavy atom. The van der Waals surface area contributed by atoms with Gasteiger partial charge in [0.25, 0.3) is 0 Å². The van der Waals surface area contributed by atoms with E-state index >= 15 is 0 Å². The largest absolute Gasteiger partial charge is 0.345 e. The fourth-order valence-corrected chi connectivity index (χ4v) is 5.96. The van der Waals surface area contributed by atoms with Gasteiger partial charge in [-0.1, -0.05) is 40.9 Å². The fraction of sp³-hybridized carbons (Fsp3) is 0.333. The molecule has 138 valence electrons. The third-order valence-corrected chi connectivity index (χ3v) is 7.59. The maximum atomic E-state index is 4.92. The van der Waals surface area contributed by atoms with Crippen LogP contribution in [0.5, 0.6) is 0 Å². The minimum absolute atomic E-state index is 0.993. The fourth-order valence-electron chi connectivity index (χ4n) is 3.80. The summed E-state index contributed by atoms with van der Waals surface area (Å²) in [7, 11) is 0. The van der Waals surface area contributed by atoms with Crippen LogP contribution in [0.1, 0.15) is 16.7 Å². The van der Waals surface area contributed by atoms with Gasteiger partial charge in [-0.2, -0.15) is 0 Å². The van der Waals surface area contributed by atoms with Crippen molar-refractivity contribution in [1.82, 2.24) is 9.97 Å². The van der Waals surface area contributed by atoms with E-state index in [9.17, 15) is 0 Å². The third kappa shape index (κ3) is 2.97. The Kier molecular flexibility index (Phi) is 4.06. The van der Waals surface area contributed by atoms with Gasteiger partial charge in [-0.05, 0) is 49.6 Å². The average Bonchev–Trinajstić information content (AvgIpc) is 3.27. The molecule has 0 atom stereocenters. The number of fused-ring (bicyclic) bond motifs is 2. The lowest BCUT2D eigenvalue weighted by Crippen LogP contribution is -2.46. The van der Waals surface area contributed by atoms with Crippen molar-refractivity contribution in [2.75, 3.05) is 36.0 Å². The second kappa shape index (κ2) is 6.46. The van der Waals surface area contributed by atoms with Gasteiger partial charge in [0.1, 0.15) is 0 Å². The minimum Gasteiger partial charge on any atom is -0.345 e. The Balaban J connectivity index is 1.36. The highest BCUT2D eigenvalue weighted by molar-refractivity contribution is 7.22. The first-order valence-corrected chi connectivity index (χ1v) is 11.0. The molecule has 0 aliphatic carbocycles. The van der Waals surface area contributed by atoms with Gasteiger partial charge in [0.15, 0.2) is 10.3 Å². The maximum absolute atomic E-state index is 4.92. The first-order valence-electron chi connectivity index (χ1n) is 9.32. The summed E-state index contributed by atoms with van der Waals surface area (Å²) in [5, 5.41) is 2.30. The molecule has 1 fully saturated rings. The van der Waals surface area contributed by atoms with Crippen LogP contribution >= 0.6 is 22.7 Å². The molecule has 3 heterocycles. The number of aryl methyl sites for hydroxylation is 3. The van der Waals surface area contributed by atoms with E-state index in [1.54, 1.807) is 11.3 Å². The second-order valence-corrected chi connectivity index (χ2v) is 9.31. The Hall–Kier alpha value is -2.18. The molecule has 2 aromatic carbocycles. The van der Waals surface area contributed by atoms with Crippen molar-refractivity contribution in [3.8, 4) is 0 Å². The molecule has 4 nitrogen and oxygen atoms in total. The van der Waals surface area contributed by atoms with Crippen LogP contribution in [-0.2, 0) is 0 Å². The zero-order chi connectivity index (χ0) is 18.5. The van der Waals surface area contributed by atoms with Crippen LogP contribution < -0.4 is 9.80 Å². The van der Waals surface area contributed by atoms with Crippen molar-refractivity contribution >= 4 is 53.4 Å². The lowest BCUT2D eigenvalue weighted by atomic mass is 10.1. The molecule has 0 saturated carbocycles. The molecule has 4 aromatic rings. The van der Waals surface area contributed by atoms with Gasteiger partial charge in [-0.3, -0.25) is 0 Å². The first-order chi connectivity index (χ1) is 13.1. The van der Waals surface area contributed by atoms with E-state index in [0.717, 1.165) is 47.5 Å². The SMILES string of the molecule is Cc1cc(C)c2sc(N3CCN(c4nc5c(C)cccc5s4)CC3)nc2c1. The van der Waals surface area contributed by atoms with Crippen molar-refractivity contribution in [3.63, 3.8) is 0 Å². The number of anilines is 2. The van der Waals surface area contributed by atoms with Crippen LogP contribution in [0.25, 0.3) is 20.4 Å². The highest BCUT2D eigenvalue weighted by Crippen LogP contribution is 2.34. The molecule has 2 aromatic heterocycles. The van der Waals surface area contributed by atoms with Gasteiger partial charge >= 0.3 is 0 Å². The minimum atomic E-state index is 0.993. The number of para-hydroxylation sites is 1. The Bertz CT molecular complexity index is 1140. The summed E-state index contributed by atoms with van der Waals surface area (Å²) >= 11 is 3.63. The van der Waals surface area contributed by atoms with Gasteiger partial charge < -0.3 is 9.80 Å². The van der Waals surface area contributed by atoms with E-state index in [1.165, 1.54) is 26.1 Å². The summed E-state index contributed by atoms with van der Waals surface area (Å²) in [5.41, 5.74) is 6.16. The van der Waals surface area contributed by atoms with Crippen LogP contribution in [-0.4, -0.2) is 36.1 Å². The first kappa shape index (κ1) is 17.0. The van der Waals surface area contributed by atoms with Crippen molar-refractivity contribution < 1.29 is 0 Å². The quantitative estimate of drug-likeness (QED) is 0.470. The summed E-state index contributed by atoms with van der Waals surface area (Å²) in [6.07, 6.45) is 0. The number of nitrogens with zero attached hydrogens (tertiary/aromatic N) is 4. The Morgan fingerprint density at radius 2 is 1.52 bits per heavy atom. The van der Waals surface area contributed by atoms with Crippen molar-refractivity contribution in [3.05, 3.63) is 47.0 Å². The molecule has 0 spiro atoms. The van der Waals surface area contributed by atoms with E-state index in [0.29, 0.717) is 0 Å². The van der Waals surface area contributed by atoms with Crippen molar-refractivity contribution in [2.45, 2.75) is 20.8 Å². The number of aromatic nitrogens is 2. The second-order valence-electron chi connectivity index (χ2n) is 7.32. The topological polar surface area (TPSA) is 32.3 Å². The molecule has 0 radical (unpaired) electrons. The number of benzene rings is 2. The summed E-state index contributed by atoms with van der Waals surface area (Å²) in [6, 6.07) is 10.9. The Labute approximate surface area is 167 Å². The van der Waals surface area contributed by atoms with Crippen LogP contribution in [0, 0.1) is 20.8 Å². The van der Waals surface area contributed by atoms with E-state index < -0.39 is 0 Å². The summed E-state index contributed by atoms with van der Waals surface area (Å²) in [4.78, 5) is 14.7. The highest BCUT2D eigenvalue weighted by Gasteiger charge is 2.22. The van der Waals surface area contributed by atoms with Gasteiger partial charge in [-0.25, -0.2) is 9.97 Å². The number of piperazine rings is 1. The predicted molar refractivity (Wildman–Crippen MR) is 118 cm³/mol. The van der Waals surface area contributed by atoms with Crippen LogP contribution in [0.3, 0.4) is 0 Å². The molecule has 6 heteroatoms. The summed E-state index contributed by atoms with van der Waals surface area (Å²) in [6.45, 7) is 10.4. The summed E-state index contributed by atoms with van der Waals surface area (Å²) < 4.78 is 2.60. The van der Waals surface area contributed by atoms with Crippen molar-refractivity contribution in [1.29, 1.82) is 0 Å². The van der Waals surface area contributed by atoms with Gasteiger partial charge in [0.05, 0.1) is 20.4 Å². The molecule has 0 N–H and O–H groups in total. The van der Waals surface area contributed by atoms with Crippen LogP contribution in [0.15, 0.2) is 30.3 Å². The monoisotopic (exact) mass is 394 g/mol. The number of rotatable bonds is 2. The molecule has 1 aliphatic heterocycles. The van der Waals surface area contributed by atoms with E-state index in [-0.39, 0.29) is 0 Å². The third-order valence-electron chi connectivity index (χ3n) is 5.24. The lowest BCUT2D eigenvalue weighted by Gasteiger charge is -2.34. The van der Waals surface area contributed by atoms with E-state index in [1.807, 2.05) is 11.3 Å². The molecule has 27 heavy (non-hydrogen) atoms. The Morgan fingerprint density at radius 1 is 0.815 bits per heavy atom.